The Kier molecular flexibility index (Phi) is 1.92. The predicted molar refractivity (Wildman–Crippen MR) is 41.0 cm³/mol. The Hall–Kier alpha value is -0.420. The van der Waals surface area contributed by atoms with E-state index in [1.807, 2.05) is 0 Å². The topological polar surface area (TPSA) is 35.5 Å². The molecule has 66 valence electrons. The maximum Gasteiger partial charge on any atom is 0.379 e. The van der Waals surface area contributed by atoms with Gasteiger partial charge in [-0.25, -0.2) is 9.74 Å². The fraction of sp³-hybridized carbons (Fsp3) is 0.571. The van der Waals surface area contributed by atoms with E-state index in [0.717, 1.165) is 12.8 Å². The number of rotatable bonds is 1. The average Bonchev–Trinajstić information content (AvgIpc) is 2.63. The number of carbonyl (C=O) groups is 1. The first kappa shape index (κ1) is 8.19. The van der Waals surface area contributed by atoms with Crippen LogP contribution in [0.3, 0.4) is 0 Å². The second kappa shape index (κ2) is 2.81. The van der Waals surface area contributed by atoms with Crippen molar-refractivity contribution in [1.29, 1.82) is 0 Å². The highest BCUT2D eigenvalue weighted by molar-refractivity contribution is 9.11. The molecule has 2 heterocycles. The normalized spacial score (nSPS) is 32.8. The van der Waals surface area contributed by atoms with Crippen LogP contribution >= 0.6 is 15.9 Å². The molecule has 0 N–H and O–H groups in total. The van der Waals surface area contributed by atoms with Gasteiger partial charge in [-0.3, -0.25) is 0 Å². The van der Waals surface area contributed by atoms with E-state index in [0.29, 0.717) is 10.1 Å². The van der Waals surface area contributed by atoms with E-state index < -0.39 is 5.97 Å². The summed E-state index contributed by atoms with van der Waals surface area (Å²) < 4.78 is 17.5. The quantitative estimate of drug-likeness (QED) is 0.695. The van der Waals surface area contributed by atoms with Gasteiger partial charge in [-0.2, -0.15) is 0 Å². The van der Waals surface area contributed by atoms with E-state index in [1.165, 1.54) is 0 Å². The van der Waals surface area contributed by atoms with Crippen molar-refractivity contribution >= 4 is 21.9 Å². The first-order valence-corrected chi connectivity index (χ1v) is 4.41. The molecule has 1 fully saturated rings. The summed E-state index contributed by atoms with van der Waals surface area (Å²) in [5.41, 5.74) is 0.300. The summed E-state index contributed by atoms with van der Waals surface area (Å²) in [6.45, 7) is 0. The summed E-state index contributed by atoms with van der Waals surface area (Å²) in [7, 11) is 0. The van der Waals surface area contributed by atoms with E-state index in [1.54, 1.807) is 0 Å². The lowest BCUT2D eigenvalue weighted by Crippen LogP contribution is -2.15. The summed E-state index contributed by atoms with van der Waals surface area (Å²) in [6.07, 6.45) is 1.31. The van der Waals surface area contributed by atoms with Gasteiger partial charge in [-0.05, 0) is 12.8 Å². The van der Waals surface area contributed by atoms with Gasteiger partial charge < -0.3 is 4.74 Å². The number of hydrogen-bond donors (Lipinski definition) is 0. The zero-order chi connectivity index (χ0) is 8.72. The molecule has 0 aromatic heterocycles. The number of halogens is 2. The Morgan fingerprint density at radius 1 is 1.58 bits per heavy atom. The summed E-state index contributed by atoms with van der Waals surface area (Å²) in [6, 6.07) is 0. The van der Waals surface area contributed by atoms with Gasteiger partial charge in [-0.15, -0.1) is 0 Å². The molecule has 5 heteroatoms. The van der Waals surface area contributed by atoms with E-state index in [9.17, 15) is 9.32 Å². The highest BCUT2D eigenvalue weighted by Crippen LogP contribution is 2.42. The highest BCUT2D eigenvalue weighted by atomic mass is 79.9. The fourth-order valence-electron chi connectivity index (χ4n) is 1.63. The molecule has 2 aliphatic rings. The maximum absolute atomic E-state index is 11.6. The van der Waals surface area contributed by atoms with Crippen molar-refractivity contribution in [3.8, 4) is 0 Å². The third-order valence-corrected chi connectivity index (χ3v) is 3.11. The summed E-state index contributed by atoms with van der Waals surface area (Å²) in [5.74, 6) is -0.936. The van der Waals surface area contributed by atoms with Crippen LogP contribution in [0, 0.1) is 0 Å². The summed E-state index contributed by atoms with van der Waals surface area (Å²) in [4.78, 5) is 14.0. The Morgan fingerprint density at radius 2 is 2.25 bits per heavy atom. The Morgan fingerprint density at radius 3 is 2.75 bits per heavy atom. The lowest BCUT2D eigenvalue weighted by atomic mass is 10.00. The number of carbonyl (C=O) groups excluding carboxylic acids is 1. The van der Waals surface area contributed by atoms with Crippen LogP contribution in [0.4, 0.5) is 4.53 Å². The average molecular weight is 237 g/mol. The van der Waals surface area contributed by atoms with Gasteiger partial charge >= 0.3 is 5.97 Å². The SMILES string of the molecule is O=C(OF)C1=C(Br)C2CCC1O2. The van der Waals surface area contributed by atoms with E-state index in [4.69, 9.17) is 4.74 Å². The largest absolute Gasteiger partial charge is 0.379 e. The predicted octanol–water partition coefficient (Wildman–Crippen LogP) is 1.62. The molecule has 0 aromatic rings. The molecule has 2 bridgehead atoms. The third kappa shape index (κ3) is 0.998. The lowest BCUT2D eigenvalue weighted by Gasteiger charge is -2.07. The summed E-state index contributed by atoms with van der Waals surface area (Å²) >= 11 is 3.19. The van der Waals surface area contributed by atoms with E-state index in [-0.39, 0.29) is 12.2 Å². The second-order valence-electron chi connectivity index (χ2n) is 2.82. The van der Waals surface area contributed by atoms with Gasteiger partial charge in [0, 0.05) is 9.01 Å². The van der Waals surface area contributed by atoms with Crippen molar-refractivity contribution in [2.75, 3.05) is 0 Å². The molecule has 2 atom stereocenters. The lowest BCUT2D eigenvalue weighted by molar-refractivity contribution is -0.179. The fourth-order valence-corrected chi connectivity index (χ4v) is 2.39. The minimum atomic E-state index is -0.936. The summed E-state index contributed by atoms with van der Waals surface area (Å²) in [5, 5.41) is 0. The molecule has 2 aliphatic heterocycles. The van der Waals surface area contributed by atoms with Crippen LogP contribution in [-0.4, -0.2) is 18.2 Å². The van der Waals surface area contributed by atoms with Crippen molar-refractivity contribution in [3.05, 3.63) is 10.1 Å². The molecule has 0 spiro atoms. The first-order chi connectivity index (χ1) is 5.74. The Bertz CT molecular complexity index is 263. The van der Waals surface area contributed by atoms with Crippen molar-refractivity contribution in [2.24, 2.45) is 0 Å². The minimum Gasteiger partial charge on any atom is -0.365 e. The van der Waals surface area contributed by atoms with Gasteiger partial charge in [0.25, 0.3) is 0 Å². The molecule has 12 heavy (non-hydrogen) atoms. The molecule has 0 aliphatic carbocycles. The van der Waals surface area contributed by atoms with E-state index >= 15 is 0 Å². The van der Waals surface area contributed by atoms with Gasteiger partial charge in [-0.1, -0.05) is 15.9 Å². The third-order valence-electron chi connectivity index (χ3n) is 2.17. The van der Waals surface area contributed by atoms with Gasteiger partial charge in [0.1, 0.15) is 0 Å². The van der Waals surface area contributed by atoms with Gasteiger partial charge in [0.05, 0.1) is 17.8 Å². The standard InChI is InChI=1S/C7H6BrFO3/c8-6-4-2-1-3(11-4)5(6)7(10)12-9/h3-4H,1-2H2. The van der Waals surface area contributed by atoms with Crippen LogP contribution in [0.2, 0.25) is 0 Å². The second-order valence-corrected chi connectivity index (χ2v) is 3.67. The van der Waals surface area contributed by atoms with Crippen LogP contribution in [-0.2, 0) is 14.5 Å². The van der Waals surface area contributed by atoms with Crippen molar-refractivity contribution < 1.29 is 19.0 Å². The zero-order valence-corrected chi connectivity index (χ0v) is 7.64. The molecule has 2 rings (SSSR count). The smallest absolute Gasteiger partial charge is 0.365 e. The molecular formula is C7H6BrFO3. The number of ether oxygens (including phenoxy) is 1. The van der Waals surface area contributed by atoms with Crippen LogP contribution in [0.1, 0.15) is 12.8 Å². The van der Waals surface area contributed by atoms with Crippen molar-refractivity contribution in [2.45, 2.75) is 25.0 Å². The van der Waals surface area contributed by atoms with Gasteiger partial charge in [0.15, 0.2) is 0 Å². The van der Waals surface area contributed by atoms with E-state index in [2.05, 4.69) is 20.9 Å². The molecule has 0 aromatic carbocycles. The molecule has 0 radical (unpaired) electrons. The molecule has 0 amide bonds. The number of hydrogen-bond acceptors (Lipinski definition) is 3. The minimum absolute atomic E-state index is 0.0656. The van der Waals surface area contributed by atoms with Crippen molar-refractivity contribution in [3.63, 3.8) is 0 Å². The highest BCUT2D eigenvalue weighted by Gasteiger charge is 2.43. The first-order valence-electron chi connectivity index (χ1n) is 3.62. The molecule has 0 saturated carbocycles. The van der Waals surface area contributed by atoms with Crippen molar-refractivity contribution in [1.82, 2.24) is 0 Å². The molecule has 3 nitrogen and oxygen atoms in total. The Balaban J connectivity index is 2.29. The molecule has 1 saturated heterocycles. The van der Waals surface area contributed by atoms with Crippen LogP contribution in [0.15, 0.2) is 10.1 Å². The Labute approximate surface area is 76.5 Å². The molecular weight excluding hydrogens is 231 g/mol. The van der Waals surface area contributed by atoms with Gasteiger partial charge in [0.2, 0.25) is 0 Å². The van der Waals surface area contributed by atoms with Crippen LogP contribution < -0.4 is 0 Å². The number of fused-ring (bicyclic) bond motifs is 2. The molecule has 2 unspecified atom stereocenters. The maximum atomic E-state index is 11.6. The van der Waals surface area contributed by atoms with Crippen LogP contribution in [0.25, 0.3) is 0 Å². The van der Waals surface area contributed by atoms with Crippen LogP contribution in [0.5, 0.6) is 0 Å². The monoisotopic (exact) mass is 236 g/mol. The zero-order valence-electron chi connectivity index (χ0n) is 6.05.